The summed E-state index contributed by atoms with van der Waals surface area (Å²) >= 11 is 3.48. The van der Waals surface area contributed by atoms with Crippen molar-refractivity contribution in [2.24, 2.45) is 4.99 Å². The van der Waals surface area contributed by atoms with E-state index in [9.17, 15) is 0 Å². The van der Waals surface area contributed by atoms with Crippen molar-refractivity contribution in [1.82, 2.24) is 0 Å². The Balaban J connectivity index is 1.72. The number of aliphatic imine (C=N–C) groups is 1. The van der Waals surface area contributed by atoms with Gasteiger partial charge in [-0.05, 0) is 54.6 Å². The van der Waals surface area contributed by atoms with Crippen LogP contribution in [0.3, 0.4) is 0 Å². The van der Waals surface area contributed by atoms with Crippen LogP contribution < -0.4 is 9.47 Å². The first kappa shape index (κ1) is 18.0. The van der Waals surface area contributed by atoms with E-state index in [2.05, 4.69) is 27.5 Å². The maximum atomic E-state index is 5.79. The van der Waals surface area contributed by atoms with E-state index in [1.54, 1.807) is 12.3 Å². The van der Waals surface area contributed by atoms with E-state index < -0.39 is 0 Å². The molecule has 0 heterocycles. The molecule has 3 nitrogen and oxygen atoms in total. The fourth-order valence-corrected chi connectivity index (χ4v) is 2.65. The predicted octanol–water partition coefficient (Wildman–Crippen LogP) is 6.56. The molecule has 0 N–H and O–H groups in total. The van der Waals surface area contributed by atoms with Gasteiger partial charge in [-0.3, -0.25) is 4.99 Å². The molecule has 0 atom stereocenters. The Morgan fingerprint density at radius 1 is 0.923 bits per heavy atom. The van der Waals surface area contributed by atoms with Gasteiger partial charge in [0.15, 0.2) is 0 Å². The normalized spacial score (nSPS) is 10.7. The Bertz CT molecular complexity index is 890. The average molecular weight is 408 g/mol. The van der Waals surface area contributed by atoms with E-state index >= 15 is 0 Å². The third-order valence-electron chi connectivity index (χ3n) is 3.50. The Labute approximate surface area is 161 Å². The van der Waals surface area contributed by atoms with Crippen molar-refractivity contribution in [3.05, 3.63) is 95.5 Å². The lowest BCUT2D eigenvalue weighted by molar-refractivity contribution is 0.362. The van der Waals surface area contributed by atoms with Crippen molar-refractivity contribution in [3.8, 4) is 17.2 Å². The van der Waals surface area contributed by atoms with Gasteiger partial charge >= 0.3 is 0 Å². The highest BCUT2D eigenvalue weighted by Gasteiger charge is 2.02. The van der Waals surface area contributed by atoms with Crippen molar-refractivity contribution in [3.63, 3.8) is 0 Å². The van der Waals surface area contributed by atoms with Gasteiger partial charge in [-0.25, -0.2) is 0 Å². The minimum absolute atomic E-state index is 0.452. The van der Waals surface area contributed by atoms with Crippen LogP contribution in [0.2, 0.25) is 0 Å². The van der Waals surface area contributed by atoms with Crippen LogP contribution >= 0.6 is 15.9 Å². The summed E-state index contributed by atoms with van der Waals surface area (Å²) in [5, 5.41) is 0. The minimum Gasteiger partial charge on any atom is -0.489 e. The lowest BCUT2D eigenvalue weighted by Crippen LogP contribution is -1.96. The van der Waals surface area contributed by atoms with Gasteiger partial charge in [0.2, 0.25) is 0 Å². The van der Waals surface area contributed by atoms with Crippen molar-refractivity contribution in [2.45, 2.75) is 0 Å². The number of hydrogen-bond acceptors (Lipinski definition) is 3. The molecule has 130 valence electrons. The average Bonchev–Trinajstić information content (AvgIpc) is 2.67. The summed E-state index contributed by atoms with van der Waals surface area (Å²) in [6.07, 6.45) is 3.50. The molecule has 3 aromatic carbocycles. The highest BCUT2D eigenvalue weighted by atomic mass is 79.9. The van der Waals surface area contributed by atoms with Gasteiger partial charge in [0.1, 0.15) is 23.9 Å². The molecule has 0 unspecified atom stereocenters. The van der Waals surface area contributed by atoms with Crippen LogP contribution in [-0.4, -0.2) is 12.8 Å². The largest absolute Gasteiger partial charge is 0.489 e. The molecule has 0 saturated carbocycles. The molecule has 0 spiro atoms. The zero-order valence-electron chi connectivity index (χ0n) is 14.1. The van der Waals surface area contributed by atoms with Crippen LogP contribution in [0.4, 0.5) is 5.69 Å². The summed E-state index contributed by atoms with van der Waals surface area (Å²) in [5.74, 6) is 2.34. The van der Waals surface area contributed by atoms with Gasteiger partial charge in [0, 0.05) is 16.3 Å². The lowest BCUT2D eigenvalue weighted by Gasteiger charge is -2.07. The number of nitrogens with zero attached hydrogens (tertiary/aromatic N) is 1. The number of hydrogen-bond donors (Lipinski definition) is 0. The van der Waals surface area contributed by atoms with Crippen LogP contribution in [0.5, 0.6) is 17.2 Å². The van der Waals surface area contributed by atoms with Crippen LogP contribution in [0.25, 0.3) is 0 Å². The molecule has 0 radical (unpaired) electrons. The quantitative estimate of drug-likeness (QED) is 0.328. The molecule has 0 amide bonds. The summed E-state index contributed by atoms with van der Waals surface area (Å²) in [4.78, 5) is 4.53. The molecule has 0 aliphatic rings. The molecular weight excluding hydrogens is 390 g/mol. The lowest BCUT2D eigenvalue weighted by atomic mass is 10.2. The summed E-state index contributed by atoms with van der Waals surface area (Å²) < 4.78 is 12.4. The molecule has 3 aromatic rings. The SMILES string of the molecule is C=CCOc1ccc(Br)cc1C=Nc1ccc(Oc2ccccc2)cc1. The first-order valence-corrected chi connectivity index (χ1v) is 8.94. The van der Waals surface area contributed by atoms with Crippen LogP contribution in [-0.2, 0) is 0 Å². The fourth-order valence-electron chi connectivity index (χ4n) is 2.27. The van der Waals surface area contributed by atoms with Gasteiger partial charge in [-0.2, -0.15) is 0 Å². The van der Waals surface area contributed by atoms with Crippen molar-refractivity contribution in [2.75, 3.05) is 6.61 Å². The molecule has 0 aromatic heterocycles. The second-order valence-electron chi connectivity index (χ2n) is 5.45. The van der Waals surface area contributed by atoms with E-state index in [0.717, 1.165) is 33.0 Å². The number of rotatable bonds is 7. The maximum absolute atomic E-state index is 5.79. The van der Waals surface area contributed by atoms with Gasteiger partial charge in [-0.15, -0.1) is 0 Å². The predicted molar refractivity (Wildman–Crippen MR) is 110 cm³/mol. The summed E-state index contributed by atoms with van der Waals surface area (Å²) in [5.41, 5.74) is 1.73. The topological polar surface area (TPSA) is 30.8 Å². The zero-order valence-corrected chi connectivity index (χ0v) is 15.7. The minimum atomic E-state index is 0.452. The molecule has 0 aliphatic carbocycles. The summed E-state index contributed by atoms with van der Waals surface area (Å²) in [6.45, 7) is 4.13. The molecule has 4 heteroatoms. The smallest absolute Gasteiger partial charge is 0.128 e. The van der Waals surface area contributed by atoms with Crippen LogP contribution in [0.1, 0.15) is 5.56 Å². The van der Waals surface area contributed by atoms with E-state index in [0.29, 0.717) is 6.61 Å². The maximum Gasteiger partial charge on any atom is 0.128 e. The number of para-hydroxylation sites is 1. The molecule has 0 bridgehead atoms. The second-order valence-corrected chi connectivity index (χ2v) is 6.36. The Hall–Kier alpha value is -2.85. The fraction of sp³-hybridized carbons (Fsp3) is 0.0455. The van der Waals surface area contributed by atoms with Gasteiger partial charge in [0.05, 0.1) is 5.69 Å². The highest BCUT2D eigenvalue weighted by Crippen LogP contribution is 2.25. The first-order chi connectivity index (χ1) is 12.7. The molecule has 0 fully saturated rings. The van der Waals surface area contributed by atoms with Gasteiger partial charge < -0.3 is 9.47 Å². The number of halogens is 1. The number of benzene rings is 3. The van der Waals surface area contributed by atoms with Crippen molar-refractivity contribution < 1.29 is 9.47 Å². The standard InChI is InChI=1S/C22H18BrNO2/c1-2-14-25-22-13-8-18(23)15-17(22)16-24-19-9-11-21(12-10-19)26-20-6-4-3-5-7-20/h2-13,15-16H,1,14H2. The van der Waals surface area contributed by atoms with E-state index in [1.807, 2.05) is 72.8 Å². The molecule has 0 aliphatic heterocycles. The third-order valence-corrected chi connectivity index (χ3v) is 3.99. The van der Waals surface area contributed by atoms with Gasteiger partial charge in [0.25, 0.3) is 0 Å². The Morgan fingerprint density at radius 3 is 2.38 bits per heavy atom. The second kappa shape index (κ2) is 9.02. The first-order valence-electron chi connectivity index (χ1n) is 8.15. The van der Waals surface area contributed by atoms with Crippen molar-refractivity contribution >= 4 is 27.8 Å². The van der Waals surface area contributed by atoms with Crippen molar-refractivity contribution in [1.29, 1.82) is 0 Å². The number of ether oxygens (including phenoxy) is 2. The molecular formula is C22H18BrNO2. The van der Waals surface area contributed by atoms with E-state index in [-0.39, 0.29) is 0 Å². The monoisotopic (exact) mass is 407 g/mol. The molecule has 0 saturated heterocycles. The third kappa shape index (κ3) is 5.07. The molecule has 26 heavy (non-hydrogen) atoms. The van der Waals surface area contributed by atoms with Crippen LogP contribution in [0, 0.1) is 0 Å². The molecule has 3 rings (SSSR count). The Morgan fingerprint density at radius 2 is 1.65 bits per heavy atom. The van der Waals surface area contributed by atoms with Crippen LogP contribution in [0.15, 0.2) is 94.9 Å². The highest BCUT2D eigenvalue weighted by molar-refractivity contribution is 9.10. The van der Waals surface area contributed by atoms with Gasteiger partial charge in [-0.1, -0.05) is 46.8 Å². The Kier molecular flexibility index (Phi) is 6.23. The summed E-state index contributed by atoms with van der Waals surface area (Å²) in [7, 11) is 0. The van der Waals surface area contributed by atoms with E-state index in [4.69, 9.17) is 9.47 Å². The summed E-state index contributed by atoms with van der Waals surface area (Å²) in [6, 6.07) is 23.1. The van der Waals surface area contributed by atoms with E-state index in [1.165, 1.54) is 0 Å². The zero-order chi connectivity index (χ0) is 18.2.